The van der Waals surface area contributed by atoms with Crippen molar-refractivity contribution < 1.29 is 0 Å². The second-order valence-corrected chi connectivity index (χ2v) is 2.81. The smallest absolute Gasteiger partial charge is 0.154 e. The molecule has 0 aliphatic heterocycles. The standard InChI is InChI=1S/C8H9N5/c1-4-3-11-7-5(12-4)2-6(9)13-8(7)10/h2-3H,1H3,(H4,9,10,13). The molecule has 0 radical (unpaired) electrons. The highest BCUT2D eigenvalue weighted by Gasteiger charge is 2.03. The third-order valence-corrected chi connectivity index (χ3v) is 1.70. The summed E-state index contributed by atoms with van der Waals surface area (Å²) < 4.78 is 0. The molecular weight excluding hydrogens is 166 g/mol. The molecule has 0 spiro atoms. The van der Waals surface area contributed by atoms with Gasteiger partial charge in [-0.3, -0.25) is 0 Å². The zero-order chi connectivity index (χ0) is 9.42. The third kappa shape index (κ3) is 1.24. The van der Waals surface area contributed by atoms with Gasteiger partial charge in [0.05, 0.1) is 11.2 Å². The summed E-state index contributed by atoms with van der Waals surface area (Å²) >= 11 is 0. The first-order valence-corrected chi connectivity index (χ1v) is 3.82. The molecule has 5 nitrogen and oxygen atoms in total. The van der Waals surface area contributed by atoms with Crippen LogP contribution in [0.4, 0.5) is 11.6 Å². The van der Waals surface area contributed by atoms with Gasteiger partial charge in [-0.1, -0.05) is 0 Å². The van der Waals surface area contributed by atoms with Gasteiger partial charge in [-0.2, -0.15) is 0 Å². The monoisotopic (exact) mass is 175 g/mol. The first-order valence-electron chi connectivity index (χ1n) is 3.82. The third-order valence-electron chi connectivity index (χ3n) is 1.70. The highest BCUT2D eigenvalue weighted by Crippen LogP contribution is 2.16. The molecule has 0 saturated carbocycles. The van der Waals surface area contributed by atoms with Gasteiger partial charge >= 0.3 is 0 Å². The average Bonchev–Trinajstić information content (AvgIpc) is 2.02. The number of fused-ring (bicyclic) bond motifs is 1. The van der Waals surface area contributed by atoms with Crippen molar-refractivity contribution in [2.45, 2.75) is 6.92 Å². The molecule has 66 valence electrons. The molecular formula is C8H9N5. The minimum Gasteiger partial charge on any atom is -0.384 e. The van der Waals surface area contributed by atoms with E-state index in [-0.39, 0.29) is 0 Å². The Balaban J connectivity index is 2.86. The number of hydrogen-bond donors (Lipinski definition) is 2. The maximum atomic E-state index is 5.61. The second kappa shape index (κ2) is 2.55. The first-order chi connectivity index (χ1) is 6.16. The minimum absolute atomic E-state index is 0.322. The quantitative estimate of drug-likeness (QED) is 0.608. The van der Waals surface area contributed by atoms with Crippen molar-refractivity contribution in [3.8, 4) is 0 Å². The fourth-order valence-electron chi connectivity index (χ4n) is 1.16. The van der Waals surface area contributed by atoms with Crippen molar-refractivity contribution in [2.24, 2.45) is 0 Å². The van der Waals surface area contributed by atoms with Crippen LogP contribution in [0.5, 0.6) is 0 Å². The van der Waals surface area contributed by atoms with Crippen LogP contribution in [0.1, 0.15) is 5.69 Å². The Hall–Kier alpha value is -1.91. The van der Waals surface area contributed by atoms with E-state index in [4.69, 9.17) is 11.5 Å². The summed E-state index contributed by atoms with van der Waals surface area (Å²) in [6.07, 6.45) is 1.65. The van der Waals surface area contributed by atoms with Crippen LogP contribution in [0.25, 0.3) is 11.0 Å². The molecule has 0 saturated heterocycles. The Bertz CT molecular complexity index is 460. The first kappa shape index (κ1) is 7.72. The number of aryl methyl sites for hydroxylation is 1. The molecule has 0 aliphatic carbocycles. The number of aromatic nitrogens is 3. The van der Waals surface area contributed by atoms with Gasteiger partial charge in [0, 0.05) is 12.3 Å². The normalized spacial score (nSPS) is 10.5. The lowest BCUT2D eigenvalue weighted by atomic mass is 10.3. The summed E-state index contributed by atoms with van der Waals surface area (Å²) in [5.41, 5.74) is 13.2. The van der Waals surface area contributed by atoms with Crippen molar-refractivity contribution in [1.29, 1.82) is 0 Å². The summed E-state index contributed by atoms with van der Waals surface area (Å²) in [6, 6.07) is 1.66. The molecule has 13 heavy (non-hydrogen) atoms. The number of nitrogens with zero attached hydrogens (tertiary/aromatic N) is 3. The van der Waals surface area contributed by atoms with Crippen LogP contribution in [0, 0.1) is 6.92 Å². The zero-order valence-corrected chi connectivity index (χ0v) is 7.15. The van der Waals surface area contributed by atoms with Gasteiger partial charge in [0.1, 0.15) is 11.3 Å². The van der Waals surface area contributed by atoms with Gasteiger partial charge in [-0.15, -0.1) is 0 Å². The Kier molecular flexibility index (Phi) is 1.51. The molecule has 0 fully saturated rings. The number of anilines is 2. The number of nitrogen functional groups attached to an aromatic ring is 2. The predicted octanol–water partition coefficient (Wildman–Crippen LogP) is 0.498. The van der Waals surface area contributed by atoms with Crippen LogP contribution < -0.4 is 11.5 Å². The minimum atomic E-state index is 0.322. The highest BCUT2D eigenvalue weighted by atomic mass is 15.0. The van der Waals surface area contributed by atoms with Gasteiger partial charge in [-0.25, -0.2) is 15.0 Å². The summed E-state index contributed by atoms with van der Waals surface area (Å²) in [5, 5.41) is 0. The second-order valence-electron chi connectivity index (χ2n) is 2.81. The van der Waals surface area contributed by atoms with E-state index in [2.05, 4.69) is 15.0 Å². The van der Waals surface area contributed by atoms with Crippen molar-refractivity contribution in [3.05, 3.63) is 18.0 Å². The largest absolute Gasteiger partial charge is 0.384 e. The van der Waals surface area contributed by atoms with E-state index < -0.39 is 0 Å². The van der Waals surface area contributed by atoms with Crippen LogP contribution >= 0.6 is 0 Å². The maximum Gasteiger partial charge on any atom is 0.154 e. The van der Waals surface area contributed by atoms with Crippen molar-refractivity contribution in [2.75, 3.05) is 11.5 Å². The van der Waals surface area contributed by atoms with Gasteiger partial charge in [-0.05, 0) is 6.92 Å². The van der Waals surface area contributed by atoms with E-state index in [0.29, 0.717) is 22.7 Å². The average molecular weight is 175 g/mol. The zero-order valence-electron chi connectivity index (χ0n) is 7.15. The molecule has 2 rings (SSSR count). The van der Waals surface area contributed by atoms with Gasteiger partial charge in [0.15, 0.2) is 5.82 Å². The molecule has 5 heteroatoms. The van der Waals surface area contributed by atoms with Gasteiger partial charge in [0.2, 0.25) is 0 Å². The topological polar surface area (TPSA) is 90.7 Å². The predicted molar refractivity (Wildman–Crippen MR) is 50.9 cm³/mol. The van der Waals surface area contributed by atoms with Crippen LogP contribution in [0.3, 0.4) is 0 Å². The molecule has 0 unspecified atom stereocenters. The lowest BCUT2D eigenvalue weighted by Gasteiger charge is -2.01. The Labute approximate surface area is 74.8 Å². The molecule has 0 atom stereocenters. The fraction of sp³-hybridized carbons (Fsp3) is 0.125. The number of nitrogens with two attached hydrogens (primary N) is 2. The van der Waals surface area contributed by atoms with Crippen molar-refractivity contribution in [1.82, 2.24) is 15.0 Å². The number of pyridine rings is 1. The Morgan fingerprint density at radius 3 is 2.77 bits per heavy atom. The molecule has 4 N–H and O–H groups in total. The van der Waals surface area contributed by atoms with Gasteiger partial charge in [0.25, 0.3) is 0 Å². The summed E-state index contributed by atoms with van der Waals surface area (Å²) in [4.78, 5) is 12.2. The highest BCUT2D eigenvalue weighted by molar-refractivity contribution is 5.85. The fourth-order valence-corrected chi connectivity index (χ4v) is 1.16. The van der Waals surface area contributed by atoms with E-state index in [1.807, 2.05) is 6.92 Å². The van der Waals surface area contributed by atoms with E-state index in [9.17, 15) is 0 Å². The molecule has 2 heterocycles. The lowest BCUT2D eigenvalue weighted by Crippen LogP contribution is -1.99. The van der Waals surface area contributed by atoms with E-state index >= 15 is 0 Å². The number of rotatable bonds is 0. The van der Waals surface area contributed by atoms with Crippen LogP contribution in [0.2, 0.25) is 0 Å². The van der Waals surface area contributed by atoms with E-state index in [0.717, 1.165) is 5.69 Å². The van der Waals surface area contributed by atoms with Crippen LogP contribution in [-0.2, 0) is 0 Å². The Morgan fingerprint density at radius 2 is 2.00 bits per heavy atom. The molecule has 0 amide bonds. The van der Waals surface area contributed by atoms with Crippen molar-refractivity contribution in [3.63, 3.8) is 0 Å². The summed E-state index contributed by atoms with van der Waals surface area (Å²) in [6.45, 7) is 1.86. The summed E-state index contributed by atoms with van der Waals surface area (Å²) in [7, 11) is 0. The molecule has 0 aliphatic rings. The maximum absolute atomic E-state index is 5.61. The molecule has 2 aromatic heterocycles. The number of hydrogen-bond acceptors (Lipinski definition) is 5. The summed E-state index contributed by atoms with van der Waals surface area (Å²) in [5.74, 6) is 0.687. The molecule has 2 aromatic rings. The van der Waals surface area contributed by atoms with Crippen LogP contribution in [-0.4, -0.2) is 15.0 Å². The van der Waals surface area contributed by atoms with Crippen LogP contribution in [0.15, 0.2) is 12.3 Å². The van der Waals surface area contributed by atoms with Gasteiger partial charge < -0.3 is 11.5 Å². The molecule has 0 bridgehead atoms. The SMILES string of the molecule is Cc1cnc2c(N)nc(N)cc2n1. The van der Waals surface area contributed by atoms with E-state index in [1.54, 1.807) is 12.3 Å². The lowest BCUT2D eigenvalue weighted by molar-refractivity contribution is 1.17. The van der Waals surface area contributed by atoms with E-state index in [1.165, 1.54) is 0 Å². The molecule has 0 aromatic carbocycles. The Morgan fingerprint density at radius 1 is 1.23 bits per heavy atom. The van der Waals surface area contributed by atoms with Crippen molar-refractivity contribution >= 4 is 22.7 Å².